The molecule has 0 unspecified atom stereocenters. The van der Waals surface area contributed by atoms with E-state index < -0.39 is 5.91 Å². The lowest BCUT2D eigenvalue weighted by Gasteiger charge is -2.06. The molecule has 0 spiro atoms. The second-order valence-electron chi connectivity index (χ2n) is 5.69. The fourth-order valence-corrected chi connectivity index (χ4v) is 2.94. The Kier molecular flexibility index (Phi) is 5.06. The molecule has 2 heterocycles. The van der Waals surface area contributed by atoms with Gasteiger partial charge in [-0.2, -0.15) is 5.10 Å². The molecule has 0 radical (unpaired) electrons. The maximum absolute atomic E-state index is 11.9. The molecule has 3 aromatic rings. The number of aromatic nitrogens is 3. The molecule has 8 heteroatoms. The highest BCUT2D eigenvalue weighted by Crippen LogP contribution is 2.31. The molecule has 0 atom stereocenters. The van der Waals surface area contributed by atoms with Crippen LogP contribution in [0.5, 0.6) is 0 Å². The average Bonchev–Trinajstić information content (AvgIpc) is 3.01. The van der Waals surface area contributed by atoms with Crippen molar-refractivity contribution in [3.8, 4) is 16.9 Å². The Labute approximate surface area is 159 Å². The summed E-state index contributed by atoms with van der Waals surface area (Å²) in [5.74, 6) is -0.666. The van der Waals surface area contributed by atoms with Gasteiger partial charge in [-0.15, -0.1) is 0 Å². The Balaban J connectivity index is 2.16. The van der Waals surface area contributed by atoms with E-state index in [1.807, 2.05) is 0 Å². The summed E-state index contributed by atoms with van der Waals surface area (Å²) in [4.78, 5) is 27.4. The van der Waals surface area contributed by atoms with Crippen molar-refractivity contribution in [1.29, 1.82) is 0 Å². The lowest BCUT2D eigenvalue weighted by atomic mass is 10.1. The smallest absolute Gasteiger partial charge is 0.252 e. The third-order valence-corrected chi connectivity index (χ3v) is 4.30. The van der Waals surface area contributed by atoms with Gasteiger partial charge in [0.1, 0.15) is 11.5 Å². The van der Waals surface area contributed by atoms with Gasteiger partial charge in [0, 0.05) is 30.1 Å². The maximum atomic E-state index is 11.9. The largest absolute Gasteiger partial charge is 0.365 e. The molecule has 1 amide bonds. The molecule has 6 nitrogen and oxygen atoms in total. The number of rotatable bonds is 5. The predicted octanol–water partition coefficient (Wildman–Crippen LogP) is 3.47. The van der Waals surface area contributed by atoms with Crippen molar-refractivity contribution in [3.05, 3.63) is 64.0 Å². The molecule has 0 aliphatic carbocycles. The Morgan fingerprint density at radius 1 is 1.19 bits per heavy atom. The van der Waals surface area contributed by atoms with E-state index in [9.17, 15) is 9.59 Å². The first-order chi connectivity index (χ1) is 12.4. The lowest BCUT2D eigenvalue weighted by Crippen LogP contribution is -2.11. The van der Waals surface area contributed by atoms with Crippen LogP contribution in [-0.4, -0.2) is 26.5 Å². The van der Waals surface area contributed by atoms with E-state index >= 15 is 0 Å². The summed E-state index contributed by atoms with van der Waals surface area (Å²) in [5.41, 5.74) is 7.67. The first-order valence-electron chi connectivity index (χ1n) is 7.65. The summed E-state index contributed by atoms with van der Waals surface area (Å²) in [7, 11) is 0. The van der Waals surface area contributed by atoms with Gasteiger partial charge in [-0.1, -0.05) is 41.4 Å². The number of halogens is 2. The summed E-state index contributed by atoms with van der Waals surface area (Å²) in [6, 6.07) is 8.66. The highest BCUT2D eigenvalue weighted by molar-refractivity contribution is 6.33. The molecule has 0 saturated carbocycles. The summed E-state index contributed by atoms with van der Waals surface area (Å²) < 4.78 is 1.44. The number of nitrogens with zero attached hydrogens (tertiary/aromatic N) is 3. The zero-order valence-electron chi connectivity index (χ0n) is 13.7. The van der Waals surface area contributed by atoms with Crippen molar-refractivity contribution < 1.29 is 9.59 Å². The van der Waals surface area contributed by atoms with Crippen LogP contribution in [0.25, 0.3) is 16.9 Å². The molecule has 1 aromatic carbocycles. The SMILES string of the molecule is CC(=O)Cc1cc(-n2cc(C(N)=O)c(-c3ccccc3Cl)n2)c(Cl)cn1. The molecule has 26 heavy (non-hydrogen) atoms. The van der Waals surface area contributed by atoms with E-state index in [2.05, 4.69) is 10.1 Å². The summed E-state index contributed by atoms with van der Waals surface area (Å²) >= 11 is 12.5. The van der Waals surface area contributed by atoms with Gasteiger partial charge >= 0.3 is 0 Å². The molecule has 0 fully saturated rings. The normalized spacial score (nSPS) is 10.7. The van der Waals surface area contributed by atoms with Gasteiger partial charge in [-0.05, 0) is 19.1 Å². The van der Waals surface area contributed by atoms with Gasteiger partial charge in [-0.3, -0.25) is 14.6 Å². The van der Waals surface area contributed by atoms with Crippen molar-refractivity contribution in [1.82, 2.24) is 14.8 Å². The fraction of sp³-hybridized carbons (Fsp3) is 0.111. The lowest BCUT2D eigenvalue weighted by molar-refractivity contribution is -0.116. The molecule has 2 aromatic heterocycles. The second-order valence-corrected chi connectivity index (χ2v) is 6.50. The predicted molar refractivity (Wildman–Crippen MR) is 99.7 cm³/mol. The van der Waals surface area contributed by atoms with Gasteiger partial charge in [0.05, 0.1) is 21.3 Å². The van der Waals surface area contributed by atoms with Crippen LogP contribution in [0.1, 0.15) is 23.0 Å². The van der Waals surface area contributed by atoms with Gasteiger partial charge in [0.25, 0.3) is 5.91 Å². The van der Waals surface area contributed by atoms with Crippen molar-refractivity contribution in [2.24, 2.45) is 5.73 Å². The molecule has 0 aliphatic rings. The number of nitrogens with two attached hydrogens (primary N) is 1. The summed E-state index contributed by atoms with van der Waals surface area (Å²) in [6.45, 7) is 1.48. The Morgan fingerprint density at radius 3 is 2.58 bits per heavy atom. The Morgan fingerprint density at radius 2 is 1.92 bits per heavy atom. The first kappa shape index (κ1) is 18.1. The first-order valence-corrected chi connectivity index (χ1v) is 8.41. The van der Waals surface area contributed by atoms with E-state index in [1.165, 1.54) is 24.0 Å². The number of benzene rings is 1. The van der Waals surface area contributed by atoms with Gasteiger partial charge in [0.15, 0.2) is 0 Å². The van der Waals surface area contributed by atoms with Crippen molar-refractivity contribution in [2.75, 3.05) is 0 Å². The van der Waals surface area contributed by atoms with Crippen LogP contribution in [0, 0.1) is 0 Å². The van der Waals surface area contributed by atoms with Gasteiger partial charge < -0.3 is 5.73 Å². The Bertz CT molecular complexity index is 1010. The number of carbonyl (C=O) groups is 2. The molecule has 0 saturated heterocycles. The number of hydrogen-bond acceptors (Lipinski definition) is 4. The van der Waals surface area contributed by atoms with Crippen LogP contribution in [0.15, 0.2) is 42.7 Å². The zero-order valence-corrected chi connectivity index (χ0v) is 15.3. The monoisotopic (exact) mass is 388 g/mol. The number of amides is 1. The minimum absolute atomic E-state index is 0.0270. The Hall–Kier alpha value is -2.70. The number of primary amides is 1. The van der Waals surface area contributed by atoms with Crippen molar-refractivity contribution in [2.45, 2.75) is 13.3 Å². The second kappa shape index (κ2) is 7.27. The van der Waals surface area contributed by atoms with Crippen LogP contribution < -0.4 is 5.73 Å². The number of ketones is 1. The van der Waals surface area contributed by atoms with Crippen LogP contribution in [0.3, 0.4) is 0 Å². The molecule has 3 rings (SSSR count). The highest BCUT2D eigenvalue weighted by Gasteiger charge is 2.19. The fourth-order valence-electron chi connectivity index (χ4n) is 2.53. The molecule has 2 N–H and O–H groups in total. The average molecular weight is 389 g/mol. The standard InChI is InChI=1S/C18H14Cl2N4O2/c1-10(25)6-11-7-16(15(20)8-22-11)24-9-13(18(21)26)17(23-24)12-4-2-3-5-14(12)19/h2-5,7-9H,6H2,1H3,(H2,21,26). The molecule has 0 bridgehead atoms. The number of carbonyl (C=O) groups excluding carboxylic acids is 2. The minimum Gasteiger partial charge on any atom is -0.365 e. The summed E-state index contributed by atoms with van der Waals surface area (Å²) in [6.07, 6.45) is 3.10. The van der Waals surface area contributed by atoms with Crippen LogP contribution >= 0.6 is 23.2 Å². The van der Waals surface area contributed by atoms with E-state index in [-0.39, 0.29) is 17.8 Å². The number of Topliss-reactive ketones (excluding diaryl/α,β-unsaturated/α-hetero) is 1. The number of pyridine rings is 1. The topological polar surface area (TPSA) is 90.9 Å². The van der Waals surface area contributed by atoms with E-state index in [1.54, 1.807) is 30.3 Å². The third-order valence-electron chi connectivity index (χ3n) is 3.68. The van der Waals surface area contributed by atoms with Gasteiger partial charge in [-0.25, -0.2) is 4.68 Å². The van der Waals surface area contributed by atoms with Gasteiger partial charge in [0.2, 0.25) is 0 Å². The van der Waals surface area contributed by atoms with E-state index in [0.717, 1.165) is 0 Å². The van der Waals surface area contributed by atoms with E-state index in [0.29, 0.717) is 32.7 Å². The van der Waals surface area contributed by atoms with E-state index in [4.69, 9.17) is 28.9 Å². The van der Waals surface area contributed by atoms with Crippen LogP contribution in [0.2, 0.25) is 10.0 Å². The molecule has 0 aliphatic heterocycles. The van der Waals surface area contributed by atoms with Crippen LogP contribution in [0.4, 0.5) is 0 Å². The van der Waals surface area contributed by atoms with Crippen LogP contribution in [-0.2, 0) is 11.2 Å². The molecular weight excluding hydrogens is 375 g/mol. The van der Waals surface area contributed by atoms with Crippen molar-refractivity contribution >= 4 is 34.9 Å². The minimum atomic E-state index is -0.639. The quantitative estimate of drug-likeness (QED) is 0.724. The van der Waals surface area contributed by atoms with Crippen molar-refractivity contribution in [3.63, 3.8) is 0 Å². The number of hydrogen-bond donors (Lipinski definition) is 1. The summed E-state index contributed by atoms with van der Waals surface area (Å²) in [5, 5.41) is 5.21. The zero-order chi connectivity index (χ0) is 18.8. The highest BCUT2D eigenvalue weighted by atomic mass is 35.5. The maximum Gasteiger partial charge on any atom is 0.252 e. The molecule has 132 valence electrons. The molecular formula is C18H14Cl2N4O2. The third kappa shape index (κ3) is 3.61.